The molecule has 0 aliphatic heterocycles. The Balaban J connectivity index is 1.39. The monoisotopic (exact) mass is 497 g/mol. The molecule has 9 nitrogen and oxygen atoms in total. The van der Waals surface area contributed by atoms with Crippen LogP contribution >= 0.6 is 11.3 Å². The number of fused-ring (bicyclic) bond motifs is 1. The van der Waals surface area contributed by atoms with E-state index in [1.165, 1.54) is 39.9 Å². The van der Waals surface area contributed by atoms with E-state index in [1.54, 1.807) is 24.9 Å². The fraction of sp³-hybridized carbons (Fsp3) is 0.261. The van der Waals surface area contributed by atoms with Gasteiger partial charge in [0.15, 0.2) is 0 Å². The summed E-state index contributed by atoms with van der Waals surface area (Å²) < 4.78 is 34.6. The minimum Gasteiger partial charge on any atom is -0.497 e. The summed E-state index contributed by atoms with van der Waals surface area (Å²) in [6.07, 6.45) is 1.76. The lowest BCUT2D eigenvalue weighted by molar-refractivity contribution is 0.102. The molecular weight excluding hydrogens is 474 g/mol. The van der Waals surface area contributed by atoms with Gasteiger partial charge in [0.25, 0.3) is 5.91 Å². The highest BCUT2D eigenvalue weighted by Gasteiger charge is 2.35. The van der Waals surface area contributed by atoms with E-state index in [9.17, 15) is 13.2 Å². The van der Waals surface area contributed by atoms with Crippen LogP contribution in [0.4, 0.5) is 5.82 Å². The van der Waals surface area contributed by atoms with Gasteiger partial charge in [-0.3, -0.25) is 4.79 Å². The summed E-state index contributed by atoms with van der Waals surface area (Å²) in [5.41, 5.74) is 1.86. The Labute approximate surface area is 201 Å². The zero-order valence-corrected chi connectivity index (χ0v) is 20.5. The highest BCUT2D eigenvalue weighted by Crippen LogP contribution is 2.31. The standard InChI is InChI=1S/C23H23N5O4S2/c1-14-12-21(28(26-14)23-24-19-11-8-17(32-3)13-20(19)33-23)25-22(29)15-4-9-18(10-5-15)34(30,31)27(2)16-6-7-16/h4-5,8-13,16H,6-7H2,1-3H3,(H,25,29). The molecule has 34 heavy (non-hydrogen) atoms. The number of rotatable bonds is 7. The topological polar surface area (TPSA) is 106 Å². The average Bonchev–Trinajstić information content (AvgIpc) is 3.49. The molecule has 4 aromatic rings. The molecule has 1 fully saturated rings. The van der Waals surface area contributed by atoms with Crippen molar-refractivity contribution in [2.75, 3.05) is 19.5 Å². The number of methoxy groups -OCH3 is 1. The molecule has 0 saturated heterocycles. The highest BCUT2D eigenvalue weighted by molar-refractivity contribution is 7.89. The molecule has 176 valence electrons. The van der Waals surface area contributed by atoms with Crippen LogP contribution in [0, 0.1) is 6.92 Å². The number of aromatic nitrogens is 3. The molecule has 0 unspecified atom stereocenters. The van der Waals surface area contributed by atoms with E-state index in [2.05, 4.69) is 15.4 Å². The van der Waals surface area contributed by atoms with Crippen molar-refractivity contribution >= 4 is 43.3 Å². The van der Waals surface area contributed by atoms with Crippen LogP contribution in [0.15, 0.2) is 53.4 Å². The fourth-order valence-electron chi connectivity index (χ4n) is 3.61. The Morgan fingerprint density at radius 2 is 1.91 bits per heavy atom. The fourth-order valence-corrected chi connectivity index (χ4v) is 5.99. The number of thiazole rings is 1. The number of hydrogen-bond donors (Lipinski definition) is 1. The summed E-state index contributed by atoms with van der Waals surface area (Å²) in [6.45, 7) is 1.83. The summed E-state index contributed by atoms with van der Waals surface area (Å²) in [6, 6.07) is 13.4. The van der Waals surface area contributed by atoms with Crippen LogP contribution in [0.3, 0.4) is 0 Å². The SMILES string of the molecule is COc1ccc2nc(-n3nc(C)cc3NC(=O)c3ccc(S(=O)(=O)N(C)C4CC4)cc3)sc2c1. The van der Waals surface area contributed by atoms with E-state index in [0.29, 0.717) is 16.5 Å². The molecule has 1 saturated carbocycles. The van der Waals surface area contributed by atoms with Gasteiger partial charge in [0.05, 0.1) is 27.9 Å². The van der Waals surface area contributed by atoms with Gasteiger partial charge in [-0.15, -0.1) is 0 Å². The largest absolute Gasteiger partial charge is 0.497 e. The molecule has 1 aliphatic carbocycles. The van der Waals surface area contributed by atoms with Crippen LogP contribution in [0.1, 0.15) is 28.9 Å². The summed E-state index contributed by atoms with van der Waals surface area (Å²) in [5.74, 6) is 0.837. The molecule has 0 bridgehead atoms. The summed E-state index contributed by atoms with van der Waals surface area (Å²) >= 11 is 1.43. The number of aryl methyl sites for hydroxylation is 1. The number of benzene rings is 2. The Morgan fingerprint density at radius 3 is 2.59 bits per heavy atom. The number of sulfonamides is 1. The number of hydrogen-bond acceptors (Lipinski definition) is 7. The molecule has 1 amide bonds. The smallest absolute Gasteiger partial charge is 0.256 e. The van der Waals surface area contributed by atoms with Crippen LogP contribution in [-0.4, -0.2) is 53.6 Å². The number of anilines is 1. The van der Waals surface area contributed by atoms with Gasteiger partial charge in [0, 0.05) is 24.7 Å². The Morgan fingerprint density at radius 1 is 1.18 bits per heavy atom. The van der Waals surface area contributed by atoms with Gasteiger partial charge < -0.3 is 10.1 Å². The first-order valence-electron chi connectivity index (χ1n) is 10.7. The van der Waals surface area contributed by atoms with Gasteiger partial charge in [-0.25, -0.2) is 13.4 Å². The van der Waals surface area contributed by atoms with Gasteiger partial charge in [0.1, 0.15) is 11.6 Å². The molecule has 0 spiro atoms. The second-order valence-corrected chi connectivity index (χ2v) is 11.2. The van der Waals surface area contributed by atoms with E-state index in [4.69, 9.17) is 4.74 Å². The van der Waals surface area contributed by atoms with Crippen molar-refractivity contribution in [1.29, 1.82) is 0 Å². The third-order valence-electron chi connectivity index (χ3n) is 5.69. The first-order chi connectivity index (χ1) is 16.3. The van der Waals surface area contributed by atoms with Gasteiger partial charge in [0.2, 0.25) is 15.2 Å². The first kappa shape index (κ1) is 22.5. The lowest BCUT2D eigenvalue weighted by Crippen LogP contribution is -2.29. The number of amides is 1. The summed E-state index contributed by atoms with van der Waals surface area (Å²) in [4.78, 5) is 17.7. The molecule has 5 rings (SSSR count). The molecule has 2 aromatic heterocycles. The normalized spacial score (nSPS) is 14.0. The second kappa shape index (κ2) is 8.49. The molecule has 2 aromatic carbocycles. The first-order valence-corrected chi connectivity index (χ1v) is 12.9. The highest BCUT2D eigenvalue weighted by atomic mass is 32.2. The van der Waals surface area contributed by atoms with Gasteiger partial charge >= 0.3 is 0 Å². The molecule has 1 N–H and O–H groups in total. The summed E-state index contributed by atoms with van der Waals surface area (Å²) in [5, 5.41) is 7.96. The van der Waals surface area contributed by atoms with Crippen molar-refractivity contribution in [3.05, 3.63) is 59.8 Å². The maximum absolute atomic E-state index is 12.9. The second-order valence-electron chi connectivity index (χ2n) is 8.14. The zero-order valence-electron chi connectivity index (χ0n) is 18.8. The molecular formula is C23H23N5O4S2. The van der Waals surface area contributed by atoms with E-state index >= 15 is 0 Å². The lowest BCUT2D eigenvalue weighted by atomic mass is 10.2. The van der Waals surface area contributed by atoms with Gasteiger partial charge in [-0.05, 0) is 62.2 Å². The maximum Gasteiger partial charge on any atom is 0.256 e. The zero-order chi connectivity index (χ0) is 24.0. The predicted molar refractivity (Wildman–Crippen MR) is 130 cm³/mol. The van der Waals surface area contributed by atoms with Crippen molar-refractivity contribution in [1.82, 2.24) is 19.1 Å². The lowest BCUT2D eigenvalue weighted by Gasteiger charge is -2.16. The van der Waals surface area contributed by atoms with E-state index in [1.807, 2.05) is 25.1 Å². The molecule has 0 atom stereocenters. The van der Waals surface area contributed by atoms with E-state index in [0.717, 1.165) is 34.5 Å². The van der Waals surface area contributed by atoms with Gasteiger partial charge in [-0.1, -0.05) is 11.3 Å². The molecule has 11 heteroatoms. The number of nitrogens with one attached hydrogen (secondary N) is 1. The quantitative estimate of drug-likeness (QED) is 0.416. The van der Waals surface area contributed by atoms with Crippen molar-refractivity contribution in [3.63, 3.8) is 0 Å². The Hall–Kier alpha value is -3.28. The van der Waals surface area contributed by atoms with Crippen molar-refractivity contribution in [3.8, 4) is 10.9 Å². The van der Waals surface area contributed by atoms with Crippen LogP contribution in [0.5, 0.6) is 5.75 Å². The third-order valence-corrected chi connectivity index (χ3v) is 8.61. The number of nitrogens with zero attached hydrogens (tertiary/aromatic N) is 4. The third kappa shape index (κ3) is 4.17. The van der Waals surface area contributed by atoms with Crippen LogP contribution < -0.4 is 10.1 Å². The molecule has 0 radical (unpaired) electrons. The minimum atomic E-state index is -3.56. The van der Waals surface area contributed by atoms with Crippen molar-refractivity contribution in [2.24, 2.45) is 0 Å². The maximum atomic E-state index is 12.9. The Bertz CT molecular complexity index is 1490. The molecule has 2 heterocycles. The van der Waals surface area contributed by atoms with Crippen molar-refractivity contribution < 1.29 is 17.9 Å². The van der Waals surface area contributed by atoms with Crippen LogP contribution in [0.25, 0.3) is 15.3 Å². The number of carbonyl (C=O) groups excluding carboxylic acids is 1. The number of ether oxygens (including phenoxy) is 1. The number of carbonyl (C=O) groups is 1. The van der Waals surface area contributed by atoms with Crippen molar-refractivity contribution in [2.45, 2.75) is 30.7 Å². The summed E-state index contributed by atoms with van der Waals surface area (Å²) in [7, 11) is -0.358. The predicted octanol–water partition coefficient (Wildman–Crippen LogP) is 3.83. The van der Waals surface area contributed by atoms with E-state index < -0.39 is 10.0 Å². The molecule has 1 aliphatic rings. The van der Waals surface area contributed by atoms with Crippen LogP contribution in [0.2, 0.25) is 0 Å². The Kier molecular flexibility index (Phi) is 5.62. The van der Waals surface area contributed by atoms with Crippen LogP contribution in [-0.2, 0) is 10.0 Å². The van der Waals surface area contributed by atoms with E-state index in [-0.39, 0.29) is 16.8 Å². The average molecular weight is 498 g/mol. The van der Waals surface area contributed by atoms with Gasteiger partial charge in [-0.2, -0.15) is 14.1 Å². The minimum absolute atomic E-state index is 0.0695.